The average molecular weight is 258 g/mol. The molecule has 1 aliphatic rings. The molecule has 2 aromatic rings. The summed E-state index contributed by atoms with van der Waals surface area (Å²) in [5.41, 5.74) is 9.66. The van der Waals surface area contributed by atoms with Crippen LogP contribution in [0.2, 0.25) is 0 Å². The SMILES string of the molecule is Cc1nc2cc(N(C)C3CCCC3N)ccc2n1C. The Labute approximate surface area is 114 Å². The summed E-state index contributed by atoms with van der Waals surface area (Å²) in [5.74, 6) is 1.05. The van der Waals surface area contributed by atoms with Gasteiger partial charge in [0.2, 0.25) is 0 Å². The molecule has 0 radical (unpaired) electrons. The van der Waals surface area contributed by atoms with Gasteiger partial charge in [0.1, 0.15) is 5.82 Å². The van der Waals surface area contributed by atoms with Crippen LogP contribution in [0.3, 0.4) is 0 Å². The van der Waals surface area contributed by atoms with Crippen LogP contribution in [0.25, 0.3) is 11.0 Å². The van der Waals surface area contributed by atoms with Crippen LogP contribution in [0.15, 0.2) is 18.2 Å². The zero-order chi connectivity index (χ0) is 13.6. The van der Waals surface area contributed by atoms with Gasteiger partial charge in [0, 0.05) is 31.9 Å². The molecule has 4 nitrogen and oxygen atoms in total. The highest BCUT2D eigenvalue weighted by Gasteiger charge is 2.27. The van der Waals surface area contributed by atoms with E-state index in [0.717, 1.165) is 17.8 Å². The van der Waals surface area contributed by atoms with Gasteiger partial charge in [-0.15, -0.1) is 0 Å². The first-order valence-electron chi connectivity index (χ1n) is 6.99. The van der Waals surface area contributed by atoms with Crippen molar-refractivity contribution in [3.63, 3.8) is 0 Å². The van der Waals surface area contributed by atoms with Gasteiger partial charge in [-0.3, -0.25) is 0 Å². The summed E-state index contributed by atoms with van der Waals surface area (Å²) in [6.45, 7) is 2.04. The molecule has 1 fully saturated rings. The second-order valence-electron chi connectivity index (χ2n) is 5.66. The minimum Gasteiger partial charge on any atom is -0.370 e. The molecule has 3 rings (SSSR count). The number of imidazole rings is 1. The summed E-state index contributed by atoms with van der Waals surface area (Å²) >= 11 is 0. The third kappa shape index (κ3) is 2.00. The first-order valence-corrected chi connectivity index (χ1v) is 6.99. The number of aryl methyl sites for hydroxylation is 2. The largest absolute Gasteiger partial charge is 0.370 e. The molecule has 102 valence electrons. The van der Waals surface area contributed by atoms with E-state index in [1.165, 1.54) is 24.0 Å². The minimum atomic E-state index is 0.297. The van der Waals surface area contributed by atoms with Gasteiger partial charge in [0.15, 0.2) is 0 Å². The number of benzene rings is 1. The Morgan fingerprint density at radius 1 is 1.37 bits per heavy atom. The number of rotatable bonds is 2. The Morgan fingerprint density at radius 3 is 2.84 bits per heavy atom. The van der Waals surface area contributed by atoms with Crippen molar-refractivity contribution in [3.05, 3.63) is 24.0 Å². The molecule has 0 aliphatic heterocycles. The number of fused-ring (bicyclic) bond motifs is 1. The fourth-order valence-electron chi connectivity index (χ4n) is 3.17. The summed E-state index contributed by atoms with van der Waals surface area (Å²) in [6.07, 6.45) is 3.57. The molecule has 4 heteroatoms. The van der Waals surface area contributed by atoms with Gasteiger partial charge in [-0.05, 0) is 44.4 Å². The van der Waals surface area contributed by atoms with Crippen molar-refractivity contribution < 1.29 is 0 Å². The first-order chi connectivity index (χ1) is 9.08. The summed E-state index contributed by atoms with van der Waals surface area (Å²) in [6, 6.07) is 7.26. The zero-order valence-corrected chi connectivity index (χ0v) is 11.9. The molecule has 2 unspecified atom stereocenters. The van der Waals surface area contributed by atoms with Crippen molar-refractivity contribution in [1.82, 2.24) is 9.55 Å². The van der Waals surface area contributed by atoms with Crippen LogP contribution in [-0.2, 0) is 7.05 Å². The first kappa shape index (κ1) is 12.5. The standard InChI is InChI=1S/C15H22N4/c1-10-17-13-9-11(7-8-15(13)18(10)2)19(3)14-6-4-5-12(14)16/h7-9,12,14H,4-6,16H2,1-3H3. The number of nitrogens with two attached hydrogens (primary N) is 1. The zero-order valence-electron chi connectivity index (χ0n) is 11.9. The van der Waals surface area contributed by atoms with Crippen LogP contribution in [0.5, 0.6) is 0 Å². The van der Waals surface area contributed by atoms with Crippen molar-refractivity contribution in [2.24, 2.45) is 12.8 Å². The normalized spacial score (nSPS) is 23.2. The Bertz CT molecular complexity index is 601. The van der Waals surface area contributed by atoms with E-state index in [4.69, 9.17) is 5.73 Å². The second kappa shape index (κ2) is 4.53. The lowest BCUT2D eigenvalue weighted by atomic mass is 10.1. The quantitative estimate of drug-likeness (QED) is 0.898. The van der Waals surface area contributed by atoms with E-state index in [1.807, 2.05) is 6.92 Å². The van der Waals surface area contributed by atoms with E-state index < -0.39 is 0 Å². The van der Waals surface area contributed by atoms with Crippen molar-refractivity contribution in [2.45, 2.75) is 38.3 Å². The lowest BCUT2D eigenvalue weighted by Crippen LogP contribution is -2.42. The topological polar surface area (TPSA) is 47.1 Å². The van der Waals surface area contributed by atoms with E-state index in [-0.39, 0.29) is 0 Å². The minimum absolute atomic E-state index is 0.297. The molecule has 2 atom stereocenters. The van der Waals surface area contributed by atoms with Crippen LogP contribution < -0.4 is 10.6 Å². The molecule has 0 amide bonds. The van der Waals surface area contributed by atoms with E-state index in [0.29, 0.717) is 12.1 Å². The number of hydrogen-bond donors (Lipinski definition) is 1. The number of nitrogens with zero attached hydrogens (tertiary/aromatic N) is 3. The molecule has 1 aliphatic carbocycles. The van der Waals surface area contributed by atoms with Crippen molar-refractivity contribution in [1.29, 1.82) is 0 Å². The molecule has 1 aromatic heterocycles. The van der Waals surface area contributed by atoms with Gasteiger partial charge in [-0.25, -0.2) is 4.98 Å². The Balaban J connectivity index is 1.96. The second-order valence-corrected chi connectivity index (χ2v) is 5.66. The highest BCUT2D eigenvalue weighted by molar-refractivity contribution is 5.80. The summed E-state index contributed by atoms with van der Waals surface area (Å²) in [5, 5.41) is 0. The molecule has 1 saturated carbocycles. The number of anilines is 1. The predicted molar refractivity (Wildman–Crippen MR) is 79.5 cm³/mol. The van der Waals surface area contributed by atoms with Gasteiger partial charge in [0.25, 0.3) is 0 Å². The van der Waals surface area contributed by atoms with E-state index in [1.54, 1.807) is 0 Å². The Hall–Kier alpha value is -1.55. The van der Waals surface area contributed by atoms with Crippen molar-refractivity contribution in [3.8, 4) is 0 Å². The molecular formula is C15H22N4. The lowest BCUT2D eigenvalue weighted by Gasteiger charge is -2.29. The molecular weight excluding hydrogens is 236 g/mol. The number of likely N-dealkylation sites (N-methyl/N-ethyl adjacent to an activating group) is 1. The molecule has 1 heterocycles. The van der Waals surface area contributed by atoms with Gasteiger partial charge in [-0.2, -0.15) is 0 Å². The molecule has 0 saturated heterocycles. The van der Waals surface area contributed by atoms with E-state index >= 15 is 0 Å². The van der Waals surface area contributed by atoms with E-state index in [2.05, 4.69) is 46.7 Å². The highest BCUT2D eigenvalue weighted by Crippen LogP contribution is 2.28. The fourth-order valence-corrected chi connectivity index (χ4v) is 3.17. The van der Waals surface area contributed by atoms with Crippen molar-refractivity contribution in [2.75, 3.05) is 11.9 Å². The van der Waals surface area contributed by atoms with Crippen LogP contribution in [-0.4, -0.2) is 28.7 Å². The van der Waals surface area contributed by atoms with Crippen LogP contribution in [0, 0.1) is 6.92 Å². The third-order valence-electron chi connectivity index (χ3n) is 4.52. The number of aromatic nitrogens is 2. The van der Waals surface area contributed by atoms with Gasteiger partial charge in [-0.1, -0.05) is 0 Å². The molecule has 0 spiro atoms. The fraction of sp³-hybridized carbons (Fsp3) is 0.533. The van der Waals surface area contributed by atoms with Crippen LogP contribution >= 0.6 is 0 Å². The maximum atomic E-state index is 6.20. The summed E-state index contributed by atoms with van der Waals surface area (Å²) in [7, 11) is 4.20. The predicted octanol–water partition coefficient (Wildman–Crippen LogP) is 2.20. The molecule has 1 aromatic carbocycles. The smallest absolute Gasteiger partial charge is 0.106 e. The van der Waals surface area contributed by atoms with Crippen LogP contribution in [0.4, 0.5) is 5.69 Å². The summed E-state index contributed by atoms with van der Waals surface area (Å²) < 4.78 is 2.13. The summed E-state index contributed by atoms with van der Waals surface area (Å²) in [4.78, 5) is 6.93. The lowest BCUT2D eigenvalue weighted by molar-refractivity contribution is 0.573. The monoisotopic (exact) mass is 258 g/mol. The van der Waals surface area contributed by atoms with E-state index in [9.17, 15) is 0 Å². The molecule has 0 bridgehead atoms. The van der Waals surface area contributed by atoms with Crippen molar-refractivity contribution >= 4 is 16.7 Å². The van der Waals surface area contributed by atoms with Gasteiger partial charge < -0.3 is 15.2 Å². The Kier molecular flexibility index (Phi) is 2.97. The average Bonchev–Trinajstić information content (AvgIpc) is 2.93. The highest BCUT2D eigenvalue weighted by atomic mass is 15.2. The van der Waals surface area contributed by atoms with Gasteiger partial charge >= 0.3 is 0 Å². The molecule has 2 N–H and O–H groups in total. The molecule has 19 heavy (non-hydrogen) atoms. The van der Waals surface area contributed by atoms with Crippen LogP contribution in [0.1, 0.15) is 25.1 Å². The van der Waals surface area contributed by atoms with Gasteiger partial charge in [0.05, 0.1) is 11.0 Å². The maximum Gasteiger partial charge on any atom is 0.106 e. The number of hydrogen-bond acceptors (Lipinski definition) is 3. The maximum absolute atomic E-state index is 6.20. The third-order valence-corrected chi connectivity index (χ3v) is 4.52. The Morgan fingerprint density at radius 2 is 2.16 bits per heavy atom.